The number of Topliss-reactive ketones (excluding diaryl/α,β-unsaturated/α-hetero) is 1. The first kappa shape index (κ1) is 19.2. The molecule has 1 aliphatic rings. The van der Waals surface area contributed by atoms with Crippen LogP contribution in [0.3, 0.4) is 0 Å². The number of piperazine rings is 1. The Bertz CT molecular complexity index is 1060. The highest BCUT2D eigenvalue weighted by molar-refractivity contribution is 6.09. The van der Waals surface area contributed by atoms with E-state index >= 15 is 0 Å². The fraction of sp³-hybridized carbons (Fsp3) is 0.304. The summed E-state index contributed by atoms with van der Waals surface area (Å²) in [6, 6.07) is 16.8. The lowest BCUT2D eigenvalue weighted by Gasteiger charge is -2.35. The van der Waals surface area contributed by atoms with Gasteiger partial charge in [0.05, 0.1) is 24.7 Å². The first-order valence-corrected chi connectivity index (χ1v) is 9.87. The molecule has 1 aromatic heterocycles. The maximum absolute atomic E-state index is 14.0. The standard InChI is InChI=1S/C23H23FN4O/c24-20-7-2-4-9-22(20)27-14-12-26(13-15-27)17-23(29)19-16-28(11-5-10-25)21-8-3-1-6-18(19)21/h1-4,6-9,16H,5,11-15,17H2. The number of para-hydroxylation sites is 2. The predicted octanol–water partition coefficient (Wildman–Crippen LogP) is 3.70. The predicted molar refractivity (Wildman–Crippen MR) is 112 cm³/mol. The Balaban J connectivity index is 1.44. The summed E-state index contributed by atoms with van der Waals surface area (Å²) >= 11 is 0. The SMILES string of the molecule is N#CCCn1cc(C(=O)CN2CCN(c3ccccc3F)CC2)c2ccccc21. The molecule has 0 radical (unpaired) electrons. The number of nitriles is 1. The van der Waals surface area contributed by atoms with Crippen molar-refractivity contribution in [3.8, 4) is 6.07 Å². The molecule has 3 aromatic rings. The van der Waals surface area contributed by atoms with Crippen LogP contribution in [-0.2, 0) is 6.54 Å². The number of aryl methyl sites for hydroxylation is 1. The Morgan fingerprint density at radius 3 is 2.52 bits per heavy atom. The van der Waals surface area contributed by atoms with Crippen LogP contribution < -0.4 is 4.90 Å². The molecule has 2 heterocycles. The maximum Gasteiger partial charge on any atom is 0.178 e. The fourth-order valence-corrected chi connectivity index (χ4v) is 3.97. The number of anilines is 1. The minimum Gasteiger partial charge on any atom is -0.367 e. The monoisotopic (exact) mass is 390 g/mol. The third kappa shape index (κ3) is 4.01. The lowest BCUT2D eigenvalue weighted by atomic mass is 10.1. The summed E-state index contributed by atoms with van der Waals surface area (Å²) in [5, 5.41) is 9.82. The molecule has 1 saturated heterocycles. The van der Waals surface area contributed by atoms with Crippen molar-refractivity contribution >= 4 is 22.4 Å². The molecule has 5 nitrogen and oxygen atoms in total. The molecule has 0 saturated carbocycles. The van der Waals surface area contributed by atoms with Crippen molar-refractivity contribution in [3.63, 3.8) is 0 Å². The van der Waals surface area contributed by atoms with Gasteiger partial charge in [0, 0.05) is 55.4 Å². The molecule has 0 atom stereocenters. The van der Waals surface area contributed by atoms with Gasteiger partial charge in [0.25, 0.3) is 0 Å². The van der Waals surface area contributed by atoms with E-state index in [0.717, 1.165) is 10.9 Å². The van der Waals surface area contributed by atoms with E-state index in [1.807, 2.05) is 46.0 Å². The van der Waals surface area contributed by atoms with Gasteiger partial charge in [0.1, 0.15) is 5.82 Å². The van der Waals surface area contributed by atoms with Crippen LogP contribution in [0.5, 0.6) is 0 Å². The Labute approximate surface area is 169 Å². The number of halogens is 1. The molecule has 2 aromatic carbocycles. The number of benzene rings is 2. The van der Waals surface area contributed by atoms with Gasteiger partial charge >= 0.3 is 0 Å². The van der Waals surface area contributed by atoms with E-state index in [-0.39, 0.29) is 11.6 Å². The number of fused-ring (bicyclic) bond motifs is 1. The van der Waals surface area contributed by atoms with Crippen LogP contribution in [0.25, 0.3) is 10.9 Å². The lowest BCUT2D eigenvalue weighted by molar-refractivity contribution is 0.0927. The van der Waals surface area contributed by atoms with Gasteiger partial charge in [-0.25, -0.2) is 4.39 Å². The molecule has 29 heavy (non-hydrogen) atoms. The van der Waals surface area contributed by atoms with E-state index in [4.69, 9.17) is 5.26 Å². The van der Waals surface area contributed by atoms with Gasteiger partial charge in [-0.05, 0) is 18.2 Å². The van der Waals surface area contributed by atoms with E-state index in [0.29, 0.717) is 56.9 Å². The molecule has 0 bridgehead atoms. The van der Waals surface area contributed by atoms with Crippen LogP contribution >= 0.6 is 0 Å². The minimum absolute atomic E-state index is 0.0799. The number of carbonyl (C=O) groups is 1. The number of aromatic nitrogens is 1. The summed E-state index contributed by atoms with van der Waals surface area (Å²) < 4.78 is 16.0. The third-order valence-corrected chi connectivity index (χ3v) is 5.49. The van der Waals surface area contributed by atoms with Crippen LogP contribution in [0.4, 0.5) is 10.1 Å². The van der Waals surface area contributed by atoms with E-state index < -0.39 is 0 Å². The zero-order valence-corrected chi connectivity index (χ0v) is 16.2. The van der Waals surface area contributed by atoms with Gasteiger partial charge in [0.2, 0.25) is 0 Å². The maximum atomic E-state index is 14.0. The van der Waals surface area contributed by atoms with Crippen LogP contribution in [0.1, 0.15) is 16.8 Å². The van der Waals surface area contributed by atoms with Gasteiger partial charge in [-0.3, -0.25) is 9.69 Å². The summed E-state index contributed by atoms with van der Waals surface area (Å²) in [5.74, 6) is -0.126. The molecule has 6 heteroatoms. The molecular formula is C23H23FN4O. The number of hydrogen-bond donors (Lipinski definition) is 0. The van der Waals surface area contributed by atoms with Gasteiger partial charge in [-0.1, -0.05) is 30.3 Å². The van der Waals surface area contributed by atoms with Crippen molar-refractivity contribution in [2.24, 2.45) is 0 Å². The van der Waals surface area contributed by atoms with Crippen LogP contribution in [-0.4, -0.2) is 48.0 Å². The molecule has 0 amide bonds. The molecule has 1 aliphatic heterocycles. The van der Waals surface area contributed by atoms with E-state index in [1.165, 1.54) is 6.07 Å². The second-order valence-electron chi connectivity index (χ2n) is 7.30. The van der Waals surface area contributed by atoms with Crippen molar-refractivity contribution < 1.29 is 9.18 Å². The Morgan fingerprint density at radius 1 is 1.03 bits per heavy atom. The fourth-order valence-electron chi connectivity index (χ4n) is 3.97. The van der Waals surface area contributed by atoms with Crippen LogP contribution in [0.2, 0.25) is 0 Å². The number of hydrogen-bond acceptors (Lipinski definition) is 4. The summed E-state index contributed by atoms with van der Waals surface area (Å²) in [5.41, 5.74) is 2.31. The van der Waals surface area contributed by atoms with Crippen molar-refractivity contribution in [3.05, 3.63) is 66.1 Å². The third-order valence-electron chi connectivity index (χ3n) is 5.49. The normalized spacial score (nSPS) is 14.8. The van der Waals surface area contributed by atoms with Crippen LogP contribution in [0.15, 0.2) is 54.7 Å². The molecule has 1 fully saturated rings. The molecule has 0 spiro atoms. The average Bonchev–Trinajstić information content (AvgIpc) is 3.12. The van der Waals surface area contributed by atoms with Gasteiger partial charge in [0.15, 0.2) is 5.78 Å². The average molecular weight is 390 g/mol. The van der Waals surface area contributed by atoms with Crippen LogP contribution in [0, 0.1) is 17.1 Å². The Hall–Kier alpha value is -3.17. The van der Waals surface area contributed by atoms with Gasteiger partial charge in [-0.2, -0.15) is 5.26 Å². The Kier molecular flexibility index (Phi) is 5.59. The molecular weight excluding hydrogens is 367 g/mol. The highest BCUT2D eigenvalue weighted by atomic mass is 19.1. The van der Waals surface area contributed by atoms with Gasteiger partial charge < -0.3 is 9.47 Å². The zero-order valence-electron chi connectivity index (χ0n) is 16.2. The van der Waals surface area contributed by atoms with E-state index in [1.54, 1.807) is 12.1 Å². The molecule has 148 valence electrons. The topological polar surface area (TPSA) is 52.3 Å². The number of carbonyl (C=O) groups excluding carboxylic acids is 1. The zero-order chi connectivity index (χ0) is 20.2. The molecule has 4 rings (SSSR count). The Morgan fingerprint density at radius 2 is 1.76 bits per heavy atom. The number of nitrogens with zero attached hydrogens (tertiary/aromatic N) is 4. The first-order chi connectivity index (χ1) is 14.2. The molecule has 0 aliphatic carbocycles. The highest BCUT2D eigenvalue weighted by Gasteiger charge is 2.23. The lowest BCUT2D eigenvalue weighted by Crippen LogP contribution is -2.48. The summed E-state index contributed by atoms with van der Waals surface area (Å²) in [7, 11) is 0. The quantitative estimate of drug-likeness (QED) is 0.602. The summed E-state index contributed by atoms with van der Waals surface area (Å²) in [6.07, 6.45) is 2.28. The van der Waals surface area contributed by atoms with E-state index in [9.17, 15) is 9.18 Å². The smallest absolute Gasteiger partial charge is 0.178 e. The van der Waals surface area contributed by atoms with Crippen molar-refractivity contribution in [1.82, 2.24) is 9.47 Å². The highest BCUT2D eigenvalue weighted by Crippen LogP contribution is 2.23. The number of ketones is 1. The largest absolute Gasteiger partial charge is 0.367 e. The van der Waals surface area contributed by atoms with Crippen molar-refractivity contribution in [2.75, 3.05) is 37.6 Å². The van der Waals surface area contributed by atoms with Crippen molar-refractivity contribution in [1.29, 1.82) is 5.26 Å². The first-order valence-electron chi connectivity index (χ1n) is 9.87. The minimum atomic E-state index is -0.206. The van der Waals surface area contributed by atoms with E-state index in [2.05, 4.69) is 11.0 Å². The molecule has 0 unspecified atom stereocenters. The second-order valence-corrected chi connectivity index (χ2v) is 7.30. The summed E-state index contributed by atoms with van der Waals surface area (Å²) in [4.78, 5) is 17.2. The van der Waals surface area contributed by atoms with Gasteiger partial charge in [-0.15, -0.1) is 0 Å². The van der Waals surface area contributed by atoms with Crippen molar-refractivity contribution in [2.45, 2.75) is 13.0 Å². The molecule has 0 N–H and O–H groups in total. The second kappa shape index (κ2) is 8.46. The summed E-state index contributed by atoms with van der Waals surface area (Å²) in [6.45, 7) is 3.74. The number of rotatable bonds is 6.